The summed E-state index contributed by atoms with van der Waals surface area (Å²) in [7, 11) is 0. The van der Waals surface area contributed by atoms with E-state index in [1.54, 1.807) is 24.5 Å². The quantitative estimate of drug-likeness (QED) is 0.445. The second kappa shape index (κ2) is 6.89. The Morgan fingerprint density at radius 1 is 0.741 bits per heavy atom. The van der Waals surface area contributed by atoms with Crippen LogP contribution in [0, 0.1) is 0 Å². The summed E-state index contributed by atoms with van der Waals surface area (Å²) >= 11 is 0. The molecule has 3 heterocycles. The van der Waals surface area contributed by atoms with Crippen LogP contribution in [0.2, 0.25) is 0 Å². The van der Waals surface area contributed by atoms with Crippen LogP contribution in [0.15, 0.2) is 79.1 Å². The standard InChI is InChI=1S/C21H14N4O.Zn/c26-19-11-2-1-6-15(19)20-24-17-9-5-13-23-21(17)25(20)18-10-3-8-16-14(18)7-4-12-22-16;/h1-13,26H;. The molecule has 0 aliphatic heterocycles. The minimum absolute atomic E-state index is 0. The SMILES string of the molecule is Oc1ccccc1-c1nc2cccnc2n1-c1cccc2ncccc12.[Zn]. The zero-order valence-electron chi connectivity index (χ0n) is 14.4. The van der Waals surface area contributed by atoms with E-state index in [2.05, 4.69) is 9.97 Å². The number of phenols is 1. The molecule has 0 saturated carbocycles. The van der Waals surface area contributed by atoms with Gasteiger partial charge in [-0.2, -0.15) is 0 Å². The third-order valence-corrected chi connectivity index (χ3v) is 4.42. The van der Waals surface area contributed by atoms with Gasteiger partial charge in [0.05, 0.1) is 16.8 Å². The predicted octanol–water partition coefficient (Wildman–Crippen LogP) is 4.34. The molecule has 0 amide bonds. The Kier molecular flexibility index (Phi) is 4.42. The maximum Gasteiger partial charge on any atom is 0.164 e. The molecule has 126 valence electrons. The van der Waals surface area contributed by atoms with Gasteiger partial charge in [0, 0.05) is 37.3 Å². The van der Waals surface area contributed by atoms with E-state index in [1.165, 1.54) is 0 Å². The monoisotopic (exact) mass is 402 g/mol. The number of pyridine rings is 2. The molecule has 6 heteroatoms. The van der Waals surface area contributed by atoms with Crippen LogP contribution in [-0.4, -0.2) is 24.6 Å². The van der Waals surface area contributed by atoms with E-state index in [9.17, 15) is 5.11 Å². The van der Waals surface area contributed by atoms with Crippen LogP contribution in [0.25, 0.3) is 39.1 Å². The fraction of sp³-hybridized carbons (Fsp3) is 0. The molecule has 0 bridgehead atoms. The first-order chi connectivity index (χ1) is 12.8. The van der Waals surface area contributed by atoms with Crippen molar-refractivity contribution in [3.05, 3.63) is 79.1 Å². The van der Waals surface area contributed by atoms with E-state index in [-0.39, 0.29) is 25.2 Å². The third kappa shape index (κ3) is 2.79. The van der Waals surface area contributed by atoms with E-state index < -0.39 is 0 Å². The molecule has 2 aromatic carbocycles. The van der Waals surface area contributed by atoms with E-state index in [0.717, 1.165) is 27.8 Å². The minimum Gasteiger partial charge on any atom is -0.507 e. The van der Waals surface area contributed by atoms with Crippen molar-refractivity contribution in [2.45, 2.75) is 0 Å². The molecule has 0 fully saturated rings. The maximum absolute atomic E-state index is 10.4. The van der Waals surface area contributed by atoms with Gasteiger partial charge in [-0.1, -0.05) is 18.2 Å². The van der Waals surface area contributed by atoms with E-state index in [4.69, 9.17) is 4.98 Å². The van der Waals surface area contributed by atoms with Gasteiger partial charge in [-0.05, 0) is 48.5 Å². The molecule has 0 atom stereocenters. The van der Waals surface area contributed by atoms with Crippen LogP contribution < -0.4 is 0 Å². The van der Waals surface area contributed by atoms with Crippen molar-refractivity contribution in [1.82, 2.24) is 19.5 Å². The van der Waals surface area contributed by atoms with Gasteiger partial charge in [0.1, 0.15) is 11.3 Å². The van der Waals surface area contributed by atoms with Crippen LogP contribution in [0.1, 0.15) is 0 Å². The average Bonchev–Trinajstić information content (AvgIpc) is 3.07. The number of phenolic OH excluding ortho intramolecular Hbond substituents is 1. The number of aromatic nitrogens is 4. The van der Waals surface area contributed by atoms with Crippen LogP contribution in [0.3, 0.4) is 0 Å². The summed E-state index contributed by atoms with van der Waals surface area (Å²) in [4.78, 5) is 13.7. The Hall–Kier alpha value is -3.11. The first-order valence-corrected chi connectivity index (χ1v) is 8.29. The van der Waals surface area contributed by atoms with Gasteiger partial charge in [-0.3, -0.25) is 9.55 Å². The Bertz CT molecular complexity index is 1260. The molecular weight excluding hydrogens is 390 g/mol. The van der Waals surface area contributed by atoms with Gasteiger partial charge < -0.3 is 5.11 Å². The number of aromatic hydroxyl groups is 1. The molecular formula is C21H14N4OZn. The Morgan fingerprint density at radius 2 is 1.52 bits per heavy atom. The number of hydrogen-bond acceptors (Lipinski definition) is 4. The van der Waals surface area contributed by atoms with Gasteiger partial charge in [0.25, 0.3) is 0 Å². The Balaban J connectivity index is 0.00000180. The topological polar surface area (TPSA) is 63.8 Å². The zero-order valence-corrected chi connectivity index (χ0v) is 17.4. The van der Waals surface area contributed by atoms with Crippen molar-refractivity contribution in [3.8, 4) is 22.8 Å². The van der Waals surface area contributed by atoms with Crippen LogP contribution in [-0.2, 0) is 19.5 Å². The molecule has 0 aliphatic rings. The van der Waals surface area contributed by atoms with E-state index in [1.807, 2.05) is 59.2 Å². The molecule has 5 rings (SSSR count). The van der Waals surface area contributed by atoms with Gasteiger partial charge >= 0.3 is 0 Å². The van der Waals surface area contributed by atoms with Crippen molar-refractivity contribution in [2.24, 2.45) is 0 Å². The van der Waals surface area contributed by atoms with Crippen molar-refractivity contribution in [3.63, 3.8) is 0 Å². The second-order valence-corrected chi connectivity index (χ2v) is 5.98. The van der Waals surface area contributed by atoms with Crippen LogP contribution in [0.4, 0.5) is 0 Å². The summed E-state index contributed by atoms with van der Waals surface area (Å²) in [5, 5.41) is 11.4. The molecule has 1 N–H and O–H groups in total. The number of hydrogen-bond donors (Lipinski definition) is 1. The maximum atomic E-state index is 10.4. The minimum atomic E-state index is 0. The normalized spacial score (nSPS) is 10.8. The molecule has 5 nitrogen and oxygen atoms in total. The molecule has 27 heavy (non-hydrogen) atoms. The van der Waals surface area contributed by atoms with Crippen LogP contribution >= 0.6 is 0 Å². The Labute approximate surface area is 168 Å². The fourth-order valence-corrected chi connectivity index (χ4v) is 3.27. The smallest absolute Gasteiger partial charge is 0.164 e. The van der Waals surface area contributed by atoms with Gasteiger partial charge in [-0.25, -0.2) is 9.97 Å². The molecule has 3 aromatic heterocycles. The van der Waals surface area contributed by atoms with Crippen molar-refractivity contribution in [1.29, 1.82) is 0 Å². The van der Waals surface area contributed by atoms with E-state index >= 15 is 0 Å². The summed E-state index contributed by atoms with van der Waals surface area (Å²) in [6.07, 6.45) is 3.53. The van der Waals surface area contributed by atoms with Crippen molar-refractivity contribution < 1.29 is 24.6 Å². The fourth-order valence-electron chi connectivity index (χ4n) is 3.27. The summed E-state index contributed by atoms with van der Waals surface area (Å²) < 4.78 is 1.98. The van der Waals surface area contributed by atoms with Crippen LogP contribution in [0.5, 0.6) is 5.75 Å². The number of rotatable bonds is 2. The molecule has 5 aromatic rings. The summed E-state index contributed by atoms with van der Waals surface area (Å²) in [6.45, 7) is 0. The molecule has 0 aliphatic carbocycles. The van der Waals surface area contributed by atoms with Crippen molar-refractivity contribution in [2.75, 3.05) is 0 Å². The summed E-state index contributed by atoms with van der Waals surface area (Å²) in [5.74, 6) is 0.829. The zero-order chi connectivity index (χ0) is 17.5. The van der Waals surface area contributed by atoms with E-state index in [0.29, 0.717) is 11.4 Å². The molecule has 0 unspecified atom stereocenters. The number of imidazole rings is 1. The summed E-state index contributed by atoms with van der Waals surface area (Å²) in [6, 6.07) is 20.9. The molecule has 0 radical (unpaired) electrons. The van der Waals surface area contributed by atoms with Gasteiger partial charge in [-0.15, -0.1) is 0 Å². The molecule has 0 spiro atoms. The Morgan fingerprint density at radius 3 is 2.41 bits per heavy atom. The molecule has 0 saturated heterocycles. The first-order valence-electron chi connectivity index (χ1n) is 8.29. The van der Waals surface area contributed by atoms with Gasteiger partial charge in [0.2, 0.25) is 0 Å². The summed E-state index contributed by atoms with van der Waals surface area (Å²) in [5.41, 5.74) is 3.99. The first kappa shape index (κ1) is 17.3. The number of nitrogens with zero attached hydrogens (tertiary/aromatic N) is 4. The predicted molar refractivity (Wildman–Crippen MR) is 101 cm³/mol. The van der Waals surface area contributed by atoms with Crippen molar-refractivity contribution >= 4 is 22.1 Å². The largest absolute Gasteiger partial charge is 0.507 e. The average molecular weight is 404 g/mol. The third-order valence-electron chi connectivity index (χ3n) is 4.42. The number of para-hydroxylation sites is 1. The van der Waals surface area contributed by atoms with Gasteiger partial charge in [0.15, 0.2) is 11.5 Å². The number of benzene rings is 2. The second-order valence-electron chi connectivity index (χ2n) is 5.98. The number of fused-ring (bicyclic) bond motifs is 2.